The van der Waals surface area contributed by atoms with Gasteiger partial charge in [-0.25, -0.2) is 14.6 Å². The Labute approximate surface area is 155 Å². The predicted molar refractivity (Wildman–Crippen MR) is 102 cm³/mol. The number of nitrogens with one attached hydrogen (secondary N) is 2. The highest BCUT2D eigenvalue weighted by molar-refractivity contribution is 6.31. The Bertz CT molecular complexity index is 950. The van der Waals surface area contributed by atoms with E-state index in [-0.39, 0.29) is 5.82 Å². The number of hydrogen-bond donors (Lipinski definition) is 2. The third-order valence-corrected chi connectivity index (χ3v) is 4.09. The molecule has 7 heteroatoms. The van der Waals surface area contributed by atoms with Crippen LogP contribution in [0.3, 0.4) is 0 Å². The number of carbonyl (C=O) groups is 1. The molecule has 1 aromatic heterocycles. The third kappa shape index (κ3) is 4.29. The van der Waals surface area contributed by atoms with E-state index in [1.807, 2.05) is 48.0 Å². The third-order valence-electron chi connectivity index (χ3n) is 3.68. The lowest BCUT2D eigenvalue weighted by atomic mass is 10.2. The van der Waals surface area contributed by atoms with Crippen molar-refractivity contribution < 1.29 is 9.18 Å². The number of hydrogen-bond acceptors (Lipinski definition) is 2. The first-order chi connectivity index (χ1) is 12.5. The number of nitrogens with zero attached hydrogens (tertiary/aromatic N) is 2. The van der Waals surface area contributed by atoms with Gasteiger partial charge in [0.15, 0.2) is 0 Å². The van der Waals surface area contributed by atoms with Crippen LogP contribution in [0.2, 0.25) is 5.02 Å². The maximum absolute atomic E-state index is 12.8. The lowest BCUT2D eigenvalue weighted by molar-refractivity contribution is 0.252. The zero-order valence-electron chi connectivity index (χ0n) is 13.9. The molecule has 3 aromatic rings. The molecule has 0 atom stereocenters. The minimum Gasteiger partial charge on any atom is -0.316 e. The van der Waals surface area contributed by atoms with Gasteiger partial charge in [0.25, 0.3) is 0 Å². The quantitative estimate of drug-likeness (QED) is 0.506. The van der Waals surface area contributed by atoms with Crippen LogP contribution in [-0.2, 0) is 0 Å². The van der Waals surface area contributed by atoms with Gasteiger partial charge >= 0.3 is 6.03 Å². The number of amides is 2. The van der Waals surface area contributed by atoms with Gasteiger partial charge in [0.05, 0.1) is 11.9 Å². The van der Waals surface area contributed by atoms with Gasteiger partial charge < -0.3 is 9.88 Å². The summed E-state index contributed by atoms with van der Waals surface area (Å²) in [4.78, 5) is 11.8. The molecule has 0 bridgehead atoms. The van der Waals surface area contributed by atoms with Crippen LogP contribution in [-0.4, -0.2) is 16.8 Å². The van der Waals surface area contributed by atoms with Crippen molar-refractivity contribution in [3.05, 3.63) is 82.9 Å². The van der Waals surface area contributed by atoms with Crippen LogP contribution in [0, 0.1) is 12.7 Å². The Hall–Kier alpha value is -3.12. The van der Waals surface area contributed by atoms with Crippen LogP contribution >= 0.6 is 11.6 Å². The van der Waals surface area contributed by atoms with Gasteiger partial charge in [0.2, 0.25) is 0 Å². The minimum absolute atomic E-state index is 0.369. The molecule has 132 valence electrons. The highest BCUT2D eigenvalue weighted by Crippen LogP contribution is 2.20. The van der Waals surface area contributed by atoms with Crippen molar-refractivity contribution in [3.8, 4) is 5.69 Å². The van der Waals surface area contributed by atoms with Crippen molar-refractivity contribution >= 4 is 29.5 Å². The summed E-state index contributed by atoms with van der Waals surface area (Å²) >= 11 is 6.18. The van der Waals surface area contributed by atoms with Crippen LogP contribution in [0.25, 0.3) is 5.69 Å². The Kier molecular flexibility index (Phi) is 5.34. The van der Waals surface area contributed by atoms with Crippen LogP contribution in [0.15, 0.2) is 65.9 Å². The average Bonchev–Trinajstić information content (AvgIpc) is 3.08. The van der Waals surface area contributed by atoms with E-state index in [1.54, 1.807) is 0 Å². The highest BCUT2D eigenvalue weighted by Gasteiger charge is 2.04. The Balaban J connectivity index is 1.66. The molecule has 0 fully saturated rings. The SMILES string of the molecule is Cc1ccc(-n2cccc2/C=N/NC(=O)Nc2ccc(F)cc2)cc1Cl. The molecule has 5 nitrogen and oxygen atoms in total. The summed E-state index contributed by atoms with van der Waals surface area (Å²) in [5, 5.41) is 7.17. The number of benzene rings is 2. The summed E-state index contributed by atoms with van der Waals surface area (Å²) in [7, 11) is 0. The predicted octanol–water partition coefficient (Wildman–Crippen LogP) is 4.73. The zero-order chi connectivity index (χ0) is 18.5. The topological polar surface area (TPSA) is 58.4 Å². The summed E-state index contributed by atoms with van der Waals surface area (Å²) < 4.78 is 14.7. The molecule has 0 saturated carbocycles. The Morgan fingerprint density at radius 1 is 1.19 bits per heavy atom. The maximum Gasteiger partial charge on any atom is 0.339 e. The van der Waals surface area contributed by atoms with Gasteiger partial charge in [-0.2, -0.15) is 5.10 Å². The van der Waals surface area contributed by atoms with E-state index < -0.39 is 6.03 Å². The molecule has 2 aromatic carbocycles. The number of carbonyl (C=O) groups excluding carboxylic acids is 1. The van der Waals surface area contributed by atoms with E-state index >= 15 is 0 Å². The highest BCUT2D eigenvalue weighted by atomic mass is 35.5. The van der Waals surface area contributed by atoms with Crippen LogP contribution in [0.1, 0.15) is 11.3 Å². The molecule has 2 N–H and O–H groups in total. The molecule has 26 heavy (non-hydrogen) atoms. The standard InChI is InChI=1S/C19H16ClFN4O/c1-13-4-9-16(11-18(13)20)25-10-2-3-17(25)12-22-24-19(26)23-15-7-5-14(21)6-8-15/h2-12H,1H3,(H2,23,24,26)/b22-12+. The first-order valence-electron chi connectivity index (χ1n) is 7.82. The molecule has 0 aliphatic carbocycles. The normalized spacial score (nSPS) is 10.9. The number of rotatable bonds is 4. The number of hydrazone groups is 1. The van der Waals surface area contributed by atoms with Crippen molar-refractivity contribution in [2.75, 3.05) is 5.32 Å². The first-order valence-corrected chi connectivity index (χ1v) is 8.20. The van der Waals surface area contributed by atoms with Crippen LogP contribution in [0.4, 0.5) is 14.9 Å². The number of halogens is 2. The molecule has 0 saturated heterocycles. The Morgan fingerprint density at radius 3 is 2.69 bits per heavy atom. The summed E-state index contributed by atoms with van der Waals surface area (Å²) in [5.74, 6) is -0.369. The van der Waals surface area contributed by atoms with E-state index in [0.717, 1.165) is 16.9 Å². The average molecular weight is 371 g/mol. The molecule has 0 aliphatic rings. The van der Waals surface area contributed by atoms with Crippen molar-refractivity contribution in [1.29, 1.82) is 0 Å². The lowest BCUT2D eigenvalue weighted by Crippen LogP contribution is -2.24. The van der Waals surface area contributed by atoms with Crippen molar-refractivity contribution in [1.82, 2.24) is 9.99 Å². The van der Waals surface area contributed by atoms with Crippen molar-refractivity contribution in [2.24, 2.45) is 5.10 Å². The lowest BCUT2D eigenvalue weighted by Gasteiger charge is -2.08. The largest absolute Gasteiger partial charge is 0.339 e. The zero-order valence-corrected chi connectivity index (χ0v) is 14.7. The molecule has 1 heterocycles. The fourth-order valence-corrected chi connectivity index (χ4v) is 2.49. The van der Waals surface area contributed by atoms with Crippen molar-refractivity contribution in [2.45, 2.75) is 6.92 Å². The van der Waals surface area contributed by atoms with Crippen LogP contribution < -0.4 is 10.7 Å². The van der Waals surface area contributed by atoms with Gasteiger partial charge in [-0.3, -0.25) is 0 Å². The van der Waals surface area contributed by atoms with Gasteiger partial charge in [-0.15, -0.1) is 0 Å². The second-order valence-corrected chi connectivity index (χ2v) is 5.97. The van der Waals surface area contributed by atoms with E-state index in [9.17, 15) is 9.18 Å². The fraction of sp³-hybridized carbons (Fsp3) is 0.0526. The molecule has 0 unspecified atom stereocenters. The van der Waals surface area contributed by atoms with Gasteiger partial charge in [0.1, 0.15) is 5.82 Å². The Morgan fingerprint density at radius 2 is 1.96 bits per heavy atom. The first kappa shape index (κ1) is 17.7. The maximum atomic E-state index is 12.8. The molecule has 2 amide bonds. The second-order valence-electron chi connectivity index (χ2n) is 5.57. The number of anilines is 1. The van der Waals surface area contributed by atoms with Gasteiger partial charge in [-0.05, 0) is 61.0 Å². The smallest absolute Gasteiger partial charge is 0.316 e. The van der Waals surface area contributed by atoms with E-state index in [0.29, 0.717) is 10.7 Å². The van der Waals surface area contributed by atoms with E-state index in [1.165, 1.54) is 30.5 Å². The summed E-state index contributed by atoms with van der Waals surface area (Å²) in [5.41, 5.74) is 5.50. The molecule has 0 radical (unpaired) electrons. The number of aryl methyl sites for hydroxylation is 1. The fourth-order valence-electron chi connectivity index (χ4n) is 2.32. The molecule has 0 spiro atoms. The summed E-state index contributed by atoms with van der Waals surface area (Å²) in [6.45, 7) is 1.94. The second kappa shape index (κ2) is 7.84. The minimum atomic E-state index is -0.524. The number of aromatic nitrogens is 1. The van der Waals surface area contributed by atoms with Crippen LogP contribution in [0.5, 0.6) is 0 Å². The van der Waals surface area contributed by atoms with Gasteiger partial charge in [-0.1, -0.05) is 17.7 Å². The molecular weight excluding hydrogens is 355 g/mol. The molecule has 0 aliphatic heterocycles. The summed E-state index contributed by atoms with van der Waals surface area (Å²) in [6.07, 6.45) is 3.40. The van der Waals surface area contributed by atoms with E-state index in [4.69, 9.17) is 11.6 Å². The van der Waals surface area contributed by atoms with E-state index in [2.05, 4.69) is 15.8 Å². The van der Waals surface area contributed by atoms with Crippen molar-refractivity contribution in [3.63, 3.8) is 0 Å². The summed E-state index contributed by atoms with van der Waals surface area (Å²) in [6, 6.07) is 14.4. The monoisotopic (exact) mass is 370 g/mol. The van der Waals surface area contributed by atoms with Gasteiger partial charge in [0, 0.05) is 22.6 Å². The number of urea groups is 1. The molecular formula is C19H16ClFN4O. The molecule has 3 rings (SSSR count).